The summed E-state index contributed by atoms with van der Waals surface area (Å²) in [4.78, 5) is 0. The predicted molar refractivity (Wildman–Crippen MR) is 75.0 cm³/mol. The highest BCUT2D eigenvalue weighted by Crippen LogP contribution is 2.23. The second kappa shape index (κ2) is 7.21. The molecule has 0 unspecified atom stereocenters. The van der Waals surface area contributed by atoms with Crippen molar-refractivity contribution in [3.63, 3.8) is 0 Å². The highest BCUT2D eigenvalue weighted by Gasteiger charge is 2.08. The monoisotopic (exact) mass is 235 g/mol. The van der Waals surface area contributed by atoms with Gasteiger partial charge in [0, 0.05) is 11.7 Å². The minimum atomic E-state index is 0.595. The molecule has 0 atom stereocenters. The number of methoxy groups -OCH3 is 1. The highest BCUT2D eigenvalue weighted by atomic mass is 16.5. The van der Waals surface area contributed by atoms with Gasteiger partial charge in [-0.05, 0) is 43.5 Å². The summed E-state index contributed by atoms with van der Waals surface area (Å²) in [5.41, 5.74) is 2.49. The predicted octanol–water partition coefficient (Wildman–Crippen LogP) is 4.38. The van der Waals surface area contributed by atoms with Gasteiger partial charge in [-0.1, -0.05) is 26.7 Å². The summed E-state index contributed by atoms with van der Waals surface area (Å²) < 4.78 is 5.22. The summed E-state index contributed by atoms with van der Waals surface area (Å²) in [5, 5.41) is 3.64. The lowest BCUT2D eigenvalue weighted by Crippen LogP contribution is -2.19. The summed E-state index contributed by atoms with van der Waals surface area (Å²) in [6.07, 6.45) is 4.93. The quantitative estimate of drug-likeness (QED) is 0.757. The number of hydrogen-bond acceptors (Lipinski definition) is 2. The van der Waals surface area contributed by atoms with E-state index in [0.717, 1.165) is 5.75 Å². The number of benzene rings is 1. The van der Waals surface area contributed by atoms with Crippen molar-refractivity contribution in [2.45, 2.75) is 52.5 Å². The van der Waals surface area contributed by atoms with Crippen molar-refractivity contribution in [1.82, 2.24) is 0 Å². The van der Waals surface area contributed by atoms with Gasteiger partial charge in [-0.15, -0.1) is 0 Å². The molecule has 2 heteroatoms. The van der Waals surface area contributed by atoms with Crippen LogP contribution in [0.25, 0.3) is 0 Å². The first-order valence-corrected chi connectivity index (χ1v) is 6.62. The normalized spacial score (nSPS) is 10.6. The van der Waals surface area contributed by atoms with Gasteiger partial charge < -0.3 is 10.1 Å². The van der Waals surface area contributed by atoms with E-state index < -0.39 is 0 Å². The fraction of sp³-hybridized carbons (Fsp3) is 0.600. The molecule has 0 aliphatic carbocycles. The first-order valence-electron chi connectivity index (χ1n) is 6.62. The Labute approximate surface area is 105 Å². The van der Waals surface area contributed by atoms with Crippen molar-refractivity contribution in [2.75, 3.05) is 12.4 Å². The Bertz CT molecular complexity index is 330. The standard InChI is InChI=1S/C15H25NO/c1-5-7-13(8-6-2)16-15-10-9-14(17-4)11-12(15)3/h9-11,13,16H,5-8H2,1-4H3. The summed E-state index contributed by atoms with van der Waals surface area (Å²) in [6.45, 7) is 6.61. The van der Waals surface area contributed by atoms with E-state index in [4.69, 9.17) is 4.74 Å². The van der Waals surface area contributed by atoms with E-state index in [2.05, 4.69) is 38.2 Å². The lowest BCUT2D eigenvalue weighted by molar-refractivity contribution is 0.414. The second-order valence-corrected chi connectivity index (χ2v) is 4.60. The third kappa shape index (κ3) is 4.29. The first-order chi connectivity index (χ1) is 8.21. The second-order valence-electron chi connectivity index (χ2n) is 4.60. The van der Waals surface area contributed by atoms with Crippen LogP contribution in [-0.4, -0.2) is 13.2 Å². The molecule has 0 aromatic heterocycles. The summed E-state index contributed by atoms with van der Waals surface area (Å²) >= 11 is 0. The van der Waals surface area contributed by atoms with Gasteiger partial charge in [0.2, 0.25) is 0 Å². The number of ether oxygens (including phenoxy) is 1. The Morgan fingerprint density at radius 2 is 1.82 bits per heavy atom. The number of rotatable bonds is 7. The van der Waals surface area contributed by atoms with Gasteiger partial charge in [0.25, 0.3) is 0 Å². The van der Waals surface area contributed by atoms with Crippen molar-refractivity contribution >= 4 is 5.69 Å². The maximum Gasteiger partial charge on any atom is 0.119 e. The van der Waals surface area contributed by atoms with E-state index in [1.54, 1.807) is 7.11 Å². The molecule has 1 aromatic carbocycles. The fourth-order valence-corrected chi connectivity index (χ4v) is 2.13. The molecule has 0 saturated carbocycles. The van der Waals surface area contributed by atoms with Crippen LogP contribution >= 0.6 is 0 Å². The van der Waals surface area contributed by atoms with Crippen LogP contribution in [-0.2, 0) is 0 Å². The smallest absolute Gasteiger partial charge is 0.119 e. The van der Waals surface area contributed by atoms with E-state index in [-0.39, 0.29) is 0 Å². The van der Waals surface area contributed by atoms with Crippen molar-refractivity contribution in [3.8, 4) is 5.75 Å². The van der Waals surface area contributed by atoms with Gasteiger partial charge >= 0.3 is 0 Å². The summed E-state index contributed by atoms with van der Waals surface area (Å²) in [5.74, 6) is 0.926. The Kier molecular flexibility index (Phi) is 5.88. The lowest BCUT2D eigenvalue weighted by Gasteiger charge is -2.20. The maximum absolute atomic E-state index is 5.22. The van der Waals surface area contributed by atoms with Crippen LogP contribution in [0.2, 0.25) is 0 Å². The Morgan fingerprint density at radius 3 is 2.29 bits per heavy atom. The van der Waals surface area contributed by atoms with Gasteiger partial charge in [0.1, 0.15) is 5.75 Å². The zero-order chi connectivity index (χ0) is 12.7. The van der Waals surface area contributed by atoms with E-state index in [9.17, 15) is 0 Å². The minimum Gasteiger partial charge on any atom is -0.497 e. The molecule has 0 saturated heterocycles. The van der Waals surface area contributed by atoms with Crippen LogP contribution in [0.3, 0.4) is 0 Å². The molecular formula is C15H25NO. The van der Waals surface area contributed by atoms with Crippen LogP contribution in [0.1, 0.15) is 45.1 Å². The van der Waals surface area contributed by atoms with Crippen molar-refractivity contribution in [3.05, 3.63) is 23.8 Å². The molecule has 96 valence electrons. The van der Waals surface area contributed by atoms with Crippen molar-refractivity contribution < 1.29 is 4.74 Å². The van der Waals surface area contributed by atoms with E-state index in [1.807, 2.05) is 6.07 Å². The van der Waals surface area contributed by atoms with Crippen LogP contribution in [0.4, 0.5) is 5.69 Å². The Morgan fingerprint density at radius 1 is 1.18 bits per heavy atom. The Balaban J connectivity index is 2.71. The van der Waals surface area contributed by atoms with Gasteiger partial charge in [-0.3, -0.25) is 0 Å². The van der Waals surface area contributed by atoms with Gasteiger partial charge in [0.05, 0.1) is 7.11 Å². The molecule has 0 aliphatic heterocycles. The number of hydrogen-bond donors (Lipinski definition) is 1. The SMILES string of the molecule is CCCC(CCC)Nc1ccc(OC)cc1C. The minimum absolute atomic E-state index is 0.595. The molecule has 2 nitrogen and oxygen atoms in total. The molecule has 1 rings (SSSR count). The molecule has 1 N–H and O–H groups in total. The number of aryl methyl sites for hydroxylation is 1. The molecule has 0 amide bonds. The molecule has 17 heavy (non-hydrogen) atoms. The maximum atomic E-state index is 5.22. The third-order valence-electron chi connectivity index (χ3n) is 3.07. The number of nitrogens with one attached hydrogen (secondary N) is 1. The van der Waals surface area contributed by atoms with E-state index in [0.29, 0.717) is 6.04 Å². The zero-order valence-corrected chi connectivity index (χ0v) is 11.5. The molecule has 0 aliphatic rings. The van der Waals surface area contributed by atoms with Crippen LogP contribution in [0, 0.1) is 6.92 Å². The van der Waals surface area contributed by atoms with Crippen LogP contribution < -0.4 is 10.1 Å². The largest absolute Gasteiger partial charge is 0.497 e. The third-order valence-corrected chi connectivity index (χ3v) is 3.07. The van der Waals surface area contributed by atoms with Crippen molar-refractivity contribution in [1.29, 1.82) is 0 Å². The Hall–Kier alpha value is -1.18. The van der Waals surface area contributed by atoms with E-state index in [1.165, 1.54) is 36.9 Å². The average molecular weight is 235 g/mol. The molecular weight excluding hydrogens is 210 g/mol. The summed E-state index contributed by atoms with van der Waals surface area (Å²) in [7, 11) is 1.71. The molecule has 0 bridgehead atoms. The summed E-state index contributed by atoms with van der Waals surface area (Å²) in [6, 6.07) is 6.81. The molecule has 0 heterocycles. The zero-order valence-electron chi connectivity index (χ0n) is 11.5. The van der Waals surface area contributed by atoms with E-state index >= 15 is 0 Å². The lowest BCUT2D eigenvalue weighted by atomic mass is 10.1. The first kappa shape index (κ1) is 13.9. The topological polar surface area (TPSA) is 21.3 Å². The molecule has 0 radical (unpaired) electrons. The van der Waals surface area contributed by atoms with Crippen LogP contribution in [0.5, 0.6) is 5.75 Å². The van der Waals surface area contributed by atoms with Gasteiger partial charge in [-0.2, -0.15) is 0 Å². The average Bonchev–Trinajstić information content (AvgIpc) is 2.32. The fourth-order valence-electron chi connectivity index (χ4n) is 2.13. The molecule has 1 aromatic rings. The highest BCUT2D eigenvalue weighted by molar-refractivity contribution is 5.54. The molecule has 0 fully saturated rings. The molecule has 0 spiro atoms. The number of anilines is 1. The van der Waals surface area contributed by atoms with Crippen LogP contribution in [0.15, 0.2) is 18.2 Å². The van der Waals surface area contributed by atoms with Crippen molar-refractivity contribution in [2.24, 2.45) is 0 Å². The van der Waals surface area contributed by atoms with Gasteiger partial charge in [-0.25, -0.2) is 0 Å². The van der Waals surface area contributed by atoms with Gasteiger partial charge in [0.15, 0.2) is 0 Å².